The minimum atomic E-state index is -4.47. The van der Waals surface area contributed by atoms with E-state index in [2.05, 4.69) is 0 Å². The molecule has 3 rings (SSSR count). The van der Waals surface area contributed by atoms with Crippen LogP contribution in [0.2, 0.25) is 0 Å². The van der Waals surface area contributed by atoms with Crippen molar-refractivity contribution in [2.75, 3.05) is 6.54 Å². The van der Waals surface area contributed by atoms with Crippen LogP contribution in [0.25, 0.3) is 0 Å². The first-order chi connectivity index (χ1) is 11.9. The van der Waals surface area contributed by atoms with Crippen LogP contribution < -0.4 is 0 Å². The lowest BCUT2D eigenvalue weighted by atomic mass is 10.1. The topological polar surface area (TPSA) is 57.2 Å². The second-order valence-corrected chi connectivity index (χ2v) is 6.08. The first-order valence-electron chi connectivity index (χ1n) is 7.75. The summed E-state index contributed by atoms with van der Waals surface area (Å²) >= 11 is 0. The first-order valence-corrected chi connectivity index (χ1v) is 7.75. The fourth-order valence-corrected chi connectivity index (χ4v) is 2.85. The largest absolute Gasteiger partial charge is 0.469 e. The molecule has 7 heteroatoms. The summed E-state index contributed by atoms with van der Waals surface area (Å²) in [5, 5.41) is 8.78. The number of carbonyl (C=O) groups excluding carboxylic acids is 1. The van der Waals surface area contributed by atoms with Crippen LogP contribution in [0.5, 0.6) is 0 Å². The number of hydrogen-bond acceptors (Lipinski definition) is 3. The Kier molecular flexibility index (Phi) is 4.53. The van der Waals surface area contributed by atoms with Gasteiger partial charge in [0.2, 0.25) is 5.91 Å². The summed E-state index contributed by atoms with van der Waals surface area (Å²) in [5.41, 5.74) is 0.962. The van der Waals surface area contributed by atoms with Crippen molar-refractivity contribution in [1.82, 2.24) is 4.90 Å². The summed E-state index contributed by atoms with van der Waals surface area (Å²) in [5.74, 6) is -0.530. The molecule has 0 aliphatic heterocycles. The Labute approximate surface area is 142 Å². The van der Waals surface area contributed by atoms with E-state index in [0.717, 1.165) is 4.90 Å². The van der Waals surface area contributed by atoms with Crippen molar-refractivity contribution < 1.29 is 22.4 Å². The minimum Gasteiger partial charge on any atom is -0.469 e. The third-order valence-corrected chi connectivity index (χ3v) is 4.15. The fraction of sp³-hybridized carbons (Fsp3) is 0.333. The molecule has 0 bridgehead atoms. The van der Waals surface area contributed by atoms with Gasteiger partial charge in [-0.2, -0.15) is 18.4 Å². The molecule has 1 amide bonds. The number of hydrogen-bond donors (Lipinski definition) is 0. The summed E-state index contributed by atoms with van der Waals surface area (Å²) in [6, 6.07) is 11.5. The Balaban J connectivity index is 1.73. The van der Waals surface area contributed by atoms with Gasteiger partial charge in [0.15, 0.2) is 0 Å². The van der Waals surface area contributed by atoms with Crippen LogP contribution in [-0.4, -0.2) is 23.5 Å². The molecule has 1 aromatic carbocycles. The highest BCUT2D eigenvalue weighted by Gasteiger charge is 2.48. The number of halogens is 3. The molecule has 1 aliphatic rings. The molecule has 0 saturated heterocycles. The molecular formula is C18H15F3N2O2. The summed E-state index contributed by atoms with van der Waals surface area (Å²) < 4.78 is 43.9. The second-order valence-electron chi connectivity index (χ2n) is 6.08. The van der Waals surface area contributed by atoms with E-state index in [1.165, 1.54) is 18.4 Å². The molecule has 1 fully saturated rings. The Morgan fingerprint density at radius 2 is 2.00 bits per heavy atom. The molecule has 0 radical (unpaired) electrons. The van der Waals surface area contributed by atoms with Crippen LogP contribution in [0, 0.1) is 17.2 Å². The minimum absolute atomic E-state index is 0.147. The maximum Gasteiger partial charge on any atom is 0.406 e. The zero-order chi connectivity index (χ0) is 18.0. The number of nitriles is 1. The van der Waals surface area contributed by atoms with E-state index in [1.54, 1.807) is 24.3 Å². The van der Waals surface area contributed by atoms with E-state index in [0.29, 0.717) is 23.3 Å². The highest BCUT2D eigenvalue weighted by molar-refractivity contribution is 5.83. The molecule has 130 valence electrons. The van der Waals surface area contributed by atoms with Crippen molar-refractivity contribution in [3.05, 3.63) is 59.5 Å². The van der Waals surface area contributed by atoms with Gasteiger partial charge in [-0.25, -0.2) is 0 Å². The number of carbonyl (C=O) groups is 1. The Morgan fingerprint density at radius 1 is 1.28 bits per heavy atom. The Morgan fingerprint density at radius 3 is 2.56 bits per heavy atom. The van der Waals surface area contributed by atoms with Gasteiger partial charge in [-0.3, -0.25) is 4.79 Å². The van der Waals surface area contributed by atoms with Gasteiger partial charge in [-0.1, -0.05) is 12.1 Å². The number of rotatable bonds is 5. The zero-order valence-corrected chi connectivity index (χ0v) is 13.2. The van der Waals surface area contributed by atoms with Crippen molar-refractivity contribution in [1.29, 1.82) is 5.26 Å². The van der Waals surface area contributed by atoms with Crippen molar-refractivity contribution in [3.8, 4) is 6.07 Å². The number of alkyl halides is 3. The third-order valence-electron chi connectivity index (χ3n) is 4.15. The van der Waals surface area contributed by atoms with Gasteiger partial charge in [-0.15, -0.1) is 0 Å². The van der Waals surface area contributed by atoms with Crippen LogP contribution in [0.1, 0.15) is 29.2 Å². The summed E-state index contributed by atoms with van der Waals surface area (Å²) in [4.78, 5) is 13.4. The second kappa shape index (κ2) is 6.63. The highest BCUT2D eigenvalue weighted by atomic mass is 19.4. The molecule has 0 spiro atoms. The van der Waals surface area contributed by atoms with E-state index in [4.69, 9.17) is 9.68 Å². The van der Waals surface area contributed by atoms with Gasteiger partial charge >= 0.3 is 6.18 Å². The standard InChI is InChI=1S/C18H15F3N2O2/c19-18(20,21)11-23(10-13-5-3-12(9-22)4-6-13)17(24)15-8-14(15)16-2-1-7-25-16/h1-7,14-15H,8,10-11H2/t14-,15-/m0/s1. The maximum absolute atomic E-state index is 12.9. The lowest BCUT2D eigenvalue weighted by Gasteiger charge is -2.24. The lowest BCUT2D eigenvalue weighted by molar-refractivity contribution is -0.163. The van der Waals surface area contributed by atoms with Crippen LogP contribution in [-0.2, 0) is 11.3 Å². The predicted molar refractivity (Wildman–Crippen MR) is 82.2 cm³/mol. The van der Waals surface area contributed by atoms with E-state index in [9.17, 15) is 18.0 Å². The summed E-state index contributed by atoms with van der Waals surface area (Å²) in [6.45, 7) is -1.45. The number of nitrogens with zero attached hydrogens (tertiary/aromatic N) is 2. The Bertz CT molecular complexity index is 776. The van der Waals surface area contributed by atoms with Crippen LogP contribution >= 0.6 is 0 Å². The van der Waals surface area contributed by atoms with Crippen LogP contribution in [0.4, 0.5) is 13.2 Å². The molecule has 2 atom stereocenters. The number of amides is 1. The molecule has 4 nitrogen and oxygen atoms in total. The van der Waals surface area contributed by atoms with Crippen molar-refractivity contribution in [2.45, 2.75) is 25.1 Å². The lowest BCUT2D eigenvalue weighted by Crippen LogP contribution is -2.39. The predicted octanol–water partition coefficient (Wildman–Crippen LogP) is 3.85. The fourth-order valence-electron chi connectivity index (χ4n) is 2.85. The molecule has 0 unspecified atom stereocenters. The molecule has 2 aromatic rings. The van der Waals surface area contributed by atoms with Gasteiger partial charge in [0.05, 0.1) is 17.9 Å². The molecule has 1 heterocycles. The first kappa shape index (κ1) is 17.1. The molecule has 1 aliphatic carbocycles. The third kappa shape index (κ3) is 4.21. The average molecular weight is 348 g/mol. The van der Waals surface area contributed by atoms with Crippen molar-refractivity contribution >= 4 is 5.91 Å². The zero-order valence-electron chi connectivity index (χ0n) is 13.2. The van der Waals surface area contributed by atoms with E-state index >= 15 is 0 Å². The van der Waals surface area contributed by atoms with E-state index in [1.807, 2.05) is 6.07 Å². The van der Waals surface area contributed by atoms with Gasteiger partial charge in [0.1, 0.15) is 12.3 Å². The van der Waals surface area contributed by atoms with Gasteiger partial charge in [0.25, 0.3) is 0 Å². The van der Waals surface area contributed by atoms with Crippen molar-refractivity contribution in [2.24, 2.45) is 5.92 Å². The average Bonchev–Trinajstić information content (AvgIpc) is 3.18. The normalized spacial score (nSPS) is 19.3. The summed E-state index contributed by atoms with van der Waals surface area (Å²) in [7, 11) is 0. The number of furan rings is 1. The van der Waals surface area contributed by atoms with E-state index < -0.39 is 24.5 Å². The monoisotopic (exact) mass is 348 g/mol. The highest BCUT2D eigenvalue weighted by Crippen LogP contribution is 2.48. The molecular weight excluding hydrogens is 333 g/mol. The van der Waals surface area contributed by atoms with Gasteiger partial charge < -0.3 is 9.32 Å². The SMILES string of the molecule is N#Cc1ccc(CN(CC(F)(F)F)C(=O)[C@H]2C[C@@H]2c2ccco2)cc1. The van der Waals surface area contributed by atoms with Crippen LogP contribution in [0.15, 0.2) is 47.1 Å². The Hall–Kier alpha value is -2.75. The van der Waals surface area contributed by atoms with Crippen molar-refractivity contribution in [3.63, 3.8) is 0 Å². The summed E-state index contributed by atoms with van der Waals surface area (Å²) in [6.07, 6.45) is -2.50. The maximum atomic E-state index is 12.9. The van der Waals surface area contributed by atoms with Crippen LogP contribution in [0.3, 0.4) is 0 Å². The smallest absolute Gasteiger partial charge is 0.406 e. The molecule has 25 heavy (non-hydrogen) atoms. The number of benzene rings is 1. The molecule has 1 aromatic heterocycles. The molecule has 0 N–H and O–H groups in total. The molecule has 1 saturated carbocycles. The quantitative estimate of drug-likeness (QED) is 0.825. The van der Waals surface area contributed by atoms with E-state index in [-0.39, 0.29) is 12.5 Å². The van der Waals surface area contributed by atoms with Gasteiger partial charge in [-0.05, 0) is 36.2 Å². The van der Waals surface area contributed by atoms with Gasteiger partial charge in [0, 0.05) is 18.4 Å².